The predicted molar refractivity (Wildman–Crippen MR) is 74.7 cm³/mol. The fourth-order valence-corrected chi connectivity index (χ4v) is 2.85. The Morgan fingerprint density at radius 2 is 1.80 bits per heavy atom. The highest BCUT2D eigenvalue weighted by Crippen LogP contribution is 2.22. The molecule has 0 aliphatic rings. The molecular formula is C14H13NO4S. The Morgan fingerprint density at radius 1 is 1.15 bits per heavy atom. The highest BCUT2D eigenvalue weighted by Gasteiger charge is 2.16. The summed E-state index contributed by atoms with van der Waals surface area (Å²) in [5, 5.41) is 18.6. The fraction of sp³-hybridized carbons (Fsp3) is 0.214. The molecule has 0 radical (unpaired) electrons. The van der Waals surface area contributed by atoms with Gasteiger partial charge in [0.2, 0.25) is 0 Å². The van der Waals surface area contributed by atoms with Gasteiger partial charge < -0.3 is 10.2 Å². The molecule has 1 heterocycles. The molecule has 0 saturated carbocycles. The van der Waals surface area contributed by atoms with Crippen molar-refractivity contribution in [3.8, 4) is 0 Å². The Hall–Kier alpha value is -2.21. The van der Waals surface area contributed by atoms with E-state index < -0.39 is 11.9 Å². The summed E-state index contributed by atoms with van der Waals surface area (Å²) in [4.78, 5) is 26.4. The summed E-state index contributed by atoms with van der Waals surface area (Å²) in [6.07, 6.45) is 1.08. The van der Waals surface area contributed by atoms with Crippen molar-refractivity contribution < 1.29 is 19.8 Å². The molecule has 0 amide bonds. The number of aryl methyl sites for hydroxylation is 1. The van der Waals surface area contributed by atoms with Gasteiger partial charge in [0.05, 0.1) is 16.3 Å². The molecule has 2 N–H and O–H groups in total. The van der Waals surface area contributed by atoms with E-state index in [0.717, 1.165) is 10.6 Å². The molecule has 0 bridgehead atoms. The molecule has 0 aliphatic carbocycles. The first-order valence-electron chi connectivity index (χ1n) is 6.05. The van der Waals surface area contributed by atoms with Gasteiger partial charge in [-0.3, -0.25) is 0 Å². The maximum absolute atomic E-state index is 11.1. The van der Waals surface area contributed by atoms with Crippen LogP contribution in [0, 0.1) is 0 Å². The highest BCUT2D eigenvalue weighted by molar-refractivity contribution is 7.13. The number of hydrogen-bond acceptors (Lipinski definition) is 4. The van der Waals surface area contributed by atoms with Crippen LogP contribution in [0.1, 0.15) is 43.2 Å². The van der Waals surface area contributed by atoms with Gasteiger partial charge in [-0.25, -0.2) is 14.6 Å². The molecule has 20 heavy (non-hydrogen) atoms. The van der Waals surface area contributed by atoms with Gasteiger partial charge in [0.25, 0.3) is 0 Å². The smallest absolute Gasteiger partial charge is 0.347 e. The maximum Gasteiger partial charge on any atom is 0.347 e. The lowest BCUT2D eigenvalue weighted by Crippen LogP contribution is -1.97. The minimum Gasteiger partial charge on any atom is -0.478 e. The van der Waals surface area contributed by atoms with Crippen molar-refractivity contribution in [1.82, 2.24) is 4.98 Å². The van der Waals surface area contributed by atoms with Crippen molar-refractivity contribution in [3.63, 3.8) is 0 Å². The van der Waals surface area contributed by atoms with E-state index in [1.807, 2.05) is 6.92 Å². The average molecular weight is 291 g/mol. The molecule has 0 spiro atoms. The molecule has 5 nitrogen and oxygen atoms in total. The number of benzene rings is 1. The zero-order valence-corrected chi connectivity index (χ0v) is 11.6. The van der Waals surface area contributed by atoms with Crippen LogP contribution in [0.15, 0.2) is 24.3 Å². The third-order valence-corrected chi connectivity index (χ3v) is 3.91. The number of nitrogens with zero attached hydrogens (tertiary/aromatic N) is 1. The van der Waals surface area contributed by atoms with Crippen LogP contribution in [-0.4, -0.2) is 27.1 Å². The van der Waals surface area contributed by atoms with Crippen LogP contribution in [0.5, 0.6) is 0 Å². The lowest BCUT2D eigenvalue weighted by atomic mass is 10.1. The molecule has 1 aromatic heterocycles. The predicted octanol–water partition coefficient (Wildman–Crippen LogP) is 2.69. The number of aromatic carboxylic acids is 2. The number of aromatic nitrogens is 1. The molecule has 0 unspecified atom stereocenters. The van der Waals surface area contributed by atoms with Crippen LogP contribution in [0.3, 0.4) is 0 Å². The number of thiazole rings is 1. The summed E-state index contributed by atoms with van der Waals surface area (Å²) >= 11 is 1.17. The van der Waals surface area contributed by atoms with Crippen molar-refractivity contribution in [2.24, 2.45) is 0 Å². The first-order chi connectivity index (χ1) is 9.51. The molecular weight excluding hydrogens is 278 g/mol. The van der Waals surface area contributed by atoms with Crippen LogP contribution >= 0.6 is 11.3 Å². The van der Waals surface area contributed by atoms with Gasteiger partial charge in [-0.1, -0.05) is 19.1 Å². The molecule has 1 aromatic carbocycles. The van der Waals surface area contributed by atoms with Crippen LogP contribution in [0.2, 0.25) is 0 Å². The number of carboxylic acid groups (broad SMARTS) is 2. The molecule has 0 aliphatic heterocycles. The summed E-state index contributed by atoms with van der Waals surface area (Å²) in [6, 6.07) is 6.50. The van der Waals surface area contributed by atoms with Crippen LogP contribution in [0.25, 0.3) is 0 Å². The van der Waals surface area contributed by atoms with Crippen LogP contribution < -0.4 is 0 Å². The number of rotatable bonds is 5. The summed E-state index contributed by atoms with van der Waals surface area (Å²) < 4.78 is 0. The third kappa shape index (κ3) is 3.03. The monoisotopic (exact) mass is 291 g/mol. The van der Waals surface area contributed by atoms with E-state index in [0.29, 0.717) is 18.5 Å². The summed E-state index contributed by atoms with van der Waals surface area (Å²) in [5.41, 5.74) is 1.73. The quantitative estimate of drug-likeness (QED) is 0.884. The Kier molecular flexibility index (Phi) is 4.14. The zero-order valence-electron chi connectivity index (χ0n) is 10.8. The zero-order chi connectivity index (χ0) is 14.7. The number of carbonyl (C=O) groups is 2. The molecule has 0 atom stereocenters. The molecule has 2 rings (SSSR count). The topological polar surface area (TPSA) is 87.5 Å². The number of hydrogen-bond donors (Lipinski definition) is 2. The Labute approximate surface area is 119 Å². The highest BCUT2D eigenvalue weighted by atomic mass is 32.1. The summed E-state index contributed by atoms with van der Waals surface area (Å²) in [7, 11) is 0. The van der Waals surface area contributed by atoms with Gasteiger partial charge >= 0.3 is 11.9 Å². The minimum atomic E-state index is -0.966. The van der Waals surface area contributed by atoms with E-state index in [2.05, 4.69) is 4.98 Å². The summed E-state index contributed by atoms with van der Waals surface area (Å²) in [6.45, 7) is 1.87. The minimum absolute atomic E-state index is 0.230. The first kappa shape index (κ1) is 14.2. The van der Waals surface area contributed by atoms with Gasteiger partial charge in [-0.2, -0.15) is 0 Å². The van der Waals surface area contributed by atoms with E-state index in [1.54, 1.807) is 12.1 Å². The third-order valence-electron chi connectivity index (χ3n) is 2.83. The maximum atomic E-state index is 11.1. The second-order valence-corrected chi connectivity index (χ2v) is 5.30. The van der Waals surface area contributed by atoms with E-state index in [4.69, 9.17) is 10.2 Å². The Balaban J connectivity index is 2.21. The largest absolute Gasteiger partial charge is 0.478 e. The Bertz CT molecular complexity index is 646. The lowest BCUT2D eigenvalue weighted by molar-refractivity contribution is 0.0687. The van der Waals surface area contributed by atoms with Gasteiger partial charge in [0.1, 0.15) is 4.88 Å². The van der Waals surface area contributed by atoms with Gasteiger partial charge in [0.15, 0.2) is 0 Å². The van der Waals surface area contributed by atoms with Crippen molar-refractivity contribution >= 4 is 23.3 Å². The molecule has 2 aromatic rings. The van der Waals surface area contributed by atoms with E-state index >= 15 is 0 Å². The van der Waals surface area contributed by atoms with Gasteiger partial charge in [-0.05, 0) is 24.1 Å². The average Bonchev–Trinajstić information content (AvgIpc) is 2.82. The van der Waals surface area contributed by atoms with Crippen molar-refractivity contribution in [2.75, 3.05) is 0 Å². The van der Waals surface area contributed by atoms with E-state index in [-0.39, 0.29) is 10.4 Å². The second kappa shape index (κ2) is 5.83. The van der Waals surface area contributed by atoms with Crippen molar-refractivity contribution in [1.29, 1.82) is 0 Å². The Morgan fingerprint density at radius 3 is 2.25 bits per heavy atom. The van der Waals surface area contributed by atoms with Crippen LogP contribution in [0.4, 0.5) is 0 Å². The SMILES string of the molecule is CCc1nc(Cc2ccc(C(=O)O)cc2)sc1C(=O)O. The second-order valence-electron chi connectivity index (χ2n) is 4.22. The first-order valence-corrected chi connectivity index (χ1v) is 6.87. The van der Waals surface area contributed by atoms with Gasteiger partial charge in [-0.15, -0.1) is 11.3 Å². The van der Waals surface area contributed by atoms with Crippen LogP contribution in [-0.2, 0) is 12.8 Å². The summed E-state index contributed by atoms with van der Waals surface area (Å²) in [5.74, 6) is -1.92. The van der Waals surface area contributed by atoms with E-state index in [9.17, 15) is 9.59 Å². The molecule has 104 valence electrons. The van der Waals surface area contributed by atoms with Crippen molar-refractivity contribution in [2.45, 2.75) is 19.8 Å². The van der Waals surface area contributed by atoms with Gasteiger partial charge in [0, 0.05) is 6.42 Å². The van der Waals surface area contributed by atoms with E-state index in [1.165, 1.54) is 23.5 Å². The normalized spacial score (nSPS) is 10.4. The molecule has 0 fully saturated rings. The van der Waals surface area contributed by atoms with Crippen molar-refractivity contribution in [3.05, 3.63) is 51.0 Å². The standard InChI is InChI=1S/C14H13NO4S/c1-2-10-12(14(18)19)20-11(15-10)7-8-3-5-9(6-4-8)13(16)17/h3-6H,2,7H2,1H3,(H,16,17)(H,18,19). The number of carboxylic acids is 2. The molecule has 0 saturated heterocycles. The fourth-order valence-electron chi connectivity index (χ4n) is 1.82. The molecule has 6 heteroatoms. The lowest BCUT2D eigenvalue weighted by Gasteiger charge is -1.99.